The molecular formula is C14H21N3O2. The van der Waals surface area contributed by atoms with Crippen molar-refractivity contribution < 1.29 is 9.59 Å². The number of nitrogens with one attached hydrogen (secondary N) is 2. The Morgan fingerprint density at radius 2 is 2.21 bits per heavy atom. The van der Waals surface area contributed by atoms with E-state index < -0.39 is 6.04 Å². The van der Waals surface area contributed by atoms with Crippen molar-refractivity contribution in [3.63, 3.8) is 0 Å². The number of amides is 2. The predicted molar refractivity (Wildman–Crippen MR) is 73.5 cm³/mol. The molecule has 0 fully saturated rings. The van der Waals surface area contributed by atoms with E-state index in [9.17, 15) is 9.59 Å². The van der Waals surface area contributed by atoms with Gasteiger partial charge < -0.3 is 10.6 Å². The van der Waals surface area contributed by atoms with Crippen molar-refractivity contribution in [2.75, 3.05) is 7.05 Å². The van der Waals surface area contributed by atoms with Crippen LogP contribution in [0.15, 0.2) is 24.5 Å². The average molecular weight is 263 g/mol. The first kappa shape index (κ1) is 15.1. The van der Waals surface area contributed by atoms with Gasteiger partial charge in [0.25, 0.3) is 0 Å². The van der Waals surface area contributed by atoms with Crippen LogP contribution < -0.4 is 10.6 Å². The molecule has 0 radical (unpaired) electrons. The number of carbonyl (C=O) groups excluding carboxylic acids is 2. The monoisotopic (exact) mass is 263 g/mol. The Hall–Kier alpha value is -1.91. The van der Waals surface area contributed by atoms with E-state index in [1.807, 2.05) is 18.3 Å². The minimum Gasteiger partial charge on any atom is -0.357 e. The van der Waals surface area contributed by atoms with Crippen molar-refractivity contribution in [3.8, 4) is 0 Å². The highest BCUT2D eigenvalue weighted by Gasteiger charge is 2.18. The summed E-state index contributed by atoms with van der Waals surface area (Å²) in [7, 11) is 1.58. The molecule has 5 heteroatoms. The smallest absolute Gasteiger partial charge is 0.242 e. The molecule has 0 bridgehead atoms. The van der Waals surface area contributed by atoms with E-state index in [1.54, 1.807) is 20.2 Å². The third-order valence-corrected chi connectivity index (χ3v) is 2.90. The maximum Gasteiger partial charge on any atom is 0.242 e. The van der Waals surface area contributed by atoms with Gasteiger partial charge in [0.2, 0.25) is 11.8 Å². The van der Waals surface area contributed by atoms with E-state index in [4.69, 9.17) is 0 Å². The second-order valence-electron chi connectivity index (χ2n) is 4.34. The number of rotatable bonds is 7. The topological polar surface area (TPSA) is 71.1 Å². The molecule has 1 aromatic heterocycles. The molecule has 0 saturated heterocycles. The summed E-state index contributed by atoms with van der Waals surface area (Å²) in [4.78, 5) is 27.1. The molecule has 0 aliphatic rings. The summed E-state index contributed by atoms with van der Waals surface area (Å²) in [5.74, 6) is -0.247. The number of pyridine rings is 1. The first-order valence-corrected chi connectivity index (χ1v) is 6.57. The van der Waals surface area contributed by atoms with Gasteiger partial charge in [-0.1, -0.05) is 13.0 Å². The van der Waals surface area contributed by atoms with Crippen molar-refractivity contribution >= 4 is 11.8 Å². The van der Waals surface area contributed by atoms with E-state index in [0.717, 1.165) is 18.4 Å². The van der Waals surface area contributed by atoms with Gasteiger partial charge in [0.05, 0.1) is 0 Å². The van der Waals surface area contributed by atoms with Gasteiger partial charge >= 0.3 is 0 Å². The van der Waals surface area contributed by atoms with Gasteiger partial charge in [-0.25, -0.2) is 0 Å². The van der Waals surface area contributed by atoms with Gasteiger partial charge in [-0.05, 0) is 30.9 Å². The summed E-state index contributed by atoms with van der Waals surface area (Å²) in [6.07, 6.45) is 6.24. The zero-order valence-electron chi connectivity index (χ0n) is 11.5. The van der Waals surface area contributed by atoms with Gasteiger partial charge in [0.15, 0.2) is 0 Å². The first-order chi connectivity index (χ1) is 9.17. The van der Waals surface area contributed by atoms with Gasteiger partial charge in [0.1, 0.15) is 6.04 Å². The van der Waals surface area contributed by atoms with Crippen LogP contribution in [0.2, 0.25) is 0 Å². The fourth-order valence-corrected chi connectivity index (χ4v) is 1.80. The maximum absolute atomic E-state index is 11.7. The normalized spacial score (nSPS) is 11.7. The highest BCUT2D eigenvalue weighted by atomic mass is 16.2. The van der Waals surface area contributed by atoms with Crippen molar-refractivity contribution in [2.24, 2.45) is 0 Å². The molecule has 5 nitrogen and oxygen atoms in total. The summed E-state index contributed by atoms with van der Waals surface area (Å²) in [5, 5.41) is 5.31. The second kappa shape index (κ2) is 8.24. The molecule has 0 saturated carbocycles. The Morgan fingerprint density at radius 3 is 2.79 bits per heavy atom. The number of aromatic nitrogens is 1. The first-order valence-electron chi connectivity index (χ1n) is 6.57. The number of hydrogen-bond acceptors (Lipinski definition) is 3. The van der Waals surface area contributed by atoms with Crippen LogP contribution in [0.1, 0.15) is 31.7 Å². The van der Waals surface area contributed by atoms with E-state index in [1.165, 1.54) is 0 Å². The van der Waals surface area contributed by atoms with Crippen LogP contribution in [-0.2, 0) is 16.0 Å². The zero-order valence-corrected chi connectivity index (χ0v) is 11.5. The number of aryl methyl sites for hydroxylation is 1. The van der Waals surface area contributed by atoms with Crippen molar-refractivity contribution in [1.29, 1.82) is 0 Å². The lowest BCUT2D eigenvalue weighted by Crippen LogP contribution is -2.45. The minimum atomic E-state index is -0.450. The lowest BCUT2D eigenvalue weighted by atomic mass is 10.1. The molecule has 1 aromatic rings. The van der Waals surface area contributed by atoms with E-state index in [-0.39, 0.29) is 11.8 Å². The minimum absolute atomic E-state index is 0.102. The van der Waals surface area contributed by atoms with Gasteiger partial charge in [-0.3, -0.25) is 14.6 Å². The highest BCUT2D eigenvalue weighted by molar-refractivity contribution is 5.87. The molecule has 1 rings (SSSR count). The molecule has 0 aliphatic heterocycles. The molecule has 0 aromatic carbocycles. The predicted octanol–water partition coefficient (Wildman–Crippen LogP) is 1.05. The summed E-state index contributed by atoms with van der Waals surface area (Å²) in [6.45, 7) is 1.77. The molecule has 0 spiro atoms. The van der Waals surface area contributed by atoms with Crippen LogP contribution in [0, 0.1) is 0 Å². The Labute approximate surface area is 113 Å². The Balaban J connectivity index is 2.44. The SMILES string of the molecule is CCC(=O)NC(CCCc1cccnc1)C(=O)NC. The lowest BCUT2D eigenvalue weighted by molar-refractivity contribution is -0.128. The van der Waals surface area contributed by atoms with E-state index in [0.29, 0.717) is 12.8 Å². The molecular weight excluding hydrogens is 242 g/mol. The molecule has 1 heterocycles. The van der Waals surface area contributed by atoms with Gasteiger partial charge in [-0.2, -0.15) is 0 Å². The van der Waals surface area contributed by atoms with Crippen LogP contribution in [0.4, 0.5) is 0 Å². The highest BCUT2D eigenvalue weighted by Crippen LogP contribution is 2.06. The van der Waals surface area contributed by atoms with Crippen LogP contribution in [0.25, 0.3) is 0 Å². The summed E-state index contributed by atoms with van der Waals surface area (Å²) in [6, 6.07) is 3.45. The number of carbonyl (C=O) groups is 2. The van der Waals surface area contributed by atoms with Crippen molar-refractivity contribution in [3.05, 3.63) is 30.1 Å². The van der Waals surface area contributed by atoms with Crippen LogP contribution in [0.5, 0.6) is 0 Å². The fraction of sp³-hybridized carbons (Fsp3) is 0.500. The lowest BCUT2D eigenvalue weighted by Gasteiger charge is -2.16. The van der Waals surface area contributed by atoms with Crippen molar-refractivity contribution in [1.82, 2.24) is 15.6 Å². The standard InChI is InChI=1S/C14H21N3O2/c1-3-13(18)17-12(14(19)15-2)8-4-6-11-7-5-9-16-10-11/h5,7,9-10,12H,3-4,6,8H2,1-2H3,(H,15,19)(H,17,18). The quantitative estimate of drug-likeness (QED) is 0.772. The molecule has 104 valence electrons. The average Bonchev–Trinajstić information content (AvgIpc) is 2.46. The third-order valence-electron chi connectivity index (χ3n) is 2.90. The van der Waals surface area contributed by atoms with Crippen LogP contribution >= 0.6 is 0 Å². The number of likely N-dealkylation sites (N-methyl/N-ethyl adjacent to an activating group) is 1. The fourth-order valence-electron chi connectivity index (χ4n) is 1.80. The van der Waals surface area contributed by atoms with Gasteiger partial charge in [-0.15, -0.1) is 0 Å². The summed E-state index contributed by atoms with van der Waals surface area (Å²) < 4.78 is 0. The van der Waals surface area contributed by atoms with E-state index in [2.05, 4.69) is 15.6 Å². The Kier molecular flexibility index (Phi) is 6.57. The molecule has 1 unspecified atom stereocenters. The molecule has 0 aliphatic carbocycles. The largest absolute Gasteiger partial charge is 0.357 e. The van der Waals surface area contributed by atoms with Crippen molar-refractivity contribution in [2.45, 2.75) is 38.6 Å². The van der Waals surface area contributed by atoms with E-state index >= 15 is 0 Å². The van der Waals surface area contributed by atoms with Gasteiger partial charge in [0, 0.05) is 25.9 Å². The molecule has 2 N–H and O–H groups in total. The number of nitrogens with zero attached hydrogens (tertiary/aromatic N) is 1. The number of hydrogen-bond donors (Lipinski definition) is 2. The Morgan fingerprint density at radius 1 is 1.42 bits per heavy atom. The molecule has 2 amide bonds. The second-order valence-corrected chi connectivity index (χ2v) is 4.34. The summed E-state index contributed by atoms with van der Waals surface area (Å²) in [5.41, 5.74) is 1.14. The third kappa shape index (κ3) is 5.50. The van der Waals surface area contributed by atoms with Crippen LogP contribution in [0.3, 0.4) is 0 Å². The Bertz CT molecular complexity index is 406. The maximum atomic E-state index is 11.7. The van der Waals surface area contributed by atoms with Crippen LogP contribution in [-0.4, -0.2) is 29.9 Å². The zero-order chi connectivity index (χ0) is 14.1. The molecule has 19 heavy (non-hydrogen) atoms. The summed E-state index contributed by atoms with van der Waals surface area (Å²) >= 11 is 0. The molecule has 1 atom stereocenters.